The van der Waals surface area contributed by atoms with Crippen LogP contribution >= 0.6 is 0 Å². The molecule has 2 atom stereocenters. The molecule has 1 aromatic carbocycles. The van der Waals surface area contributed by atoms with Gasteiger partial charge in [-0.1, -0.05) is 0 Å². The second-order valence-electron chi connectivity index (χ2n) is 7.12. The number of esters is 1. The maximum absolute atomic E-state index is 12.8. The zero-order valence-corrected chi connectivity index (χ0v) is 16.6. The van der Waals surface area contributed by atoms with Crippen molar-refractivity contribution in [3.8, 4) is 17.0 Å². The van der Waals surface area contributed by atoms with Crippen molar-refractivity contribution in [1.29, 1.82) is 0 Å². The number of hydrogen-bond donors (Lipinski definition) is 3. The molecular formula is C20H23F3N4O3. The number of ether oxygens (including phenoxy) is 1. The van der Waals surface area contributed by atoms with Crippen molar-refractivity contribution >= 4 is 11.8 Å². The first-order valence-corrected chi connectivity index (χ1v) is 9.60. The monoisotopic (exact) mass is 424 g/mol. The summed E-state index contributed by atoms with van der Waals surface area (Å²) in [6.45, 7) is 4.39. The largest absolute Gasteiger partial charge is 0.507 e. The Balaban J connectivity index is 1.67. The van der Waals surface area contributed by atoms with Crippen molar-refractivity contribution in [2.75, 3.05) is 18.5 Å². The van der Waals surface area contributed by atoms with Gasteiger partial charge in [0.2, 0.25) is 0 Å². The predicted octanol–water partition coefficient (Wildman–Crippen LogP) is 3.27. The van der Waals surface area contributed by atoms with Crippen molar-refractivity contribution in [1.82, 2.24) is 15.5 Å². The van der Waals surface area contributed by atoms with Crippen LogP contribution in [-0.4, -0.2) is 46.5 Å². The highest BCUT2D eigenvalue weighted by Gasteiger charge is 2.31. The number of phenolic OH excluding ortho intramolecular Hbond substituents is 1. The lowest BCUT2D eigenvalue weighted by atomic mass is 10.0. The van der Waals surface area contributed by atoms with Crippen molar-refractivity contribution in [3.63, 3.8) is 0 Å². The van der Waals surface area contributed by atoms with E-state index in [9.17, 15) is 23.1 Å². The van der Waals surface area contributed by atoms with Crippen molar-refractivity contribution in [3.05, 3.63) is 35.4 Å². The Morgan fingerprint density at radius 1 is 1.30 bits per heavy atom. The van der Waals surface area contributed by atoms with Crippen LogP contribution in [0, 0.1) is 6.92 Å². The number of hydrogen-bond acceptors (Lipinski definition) is 7. The Kier molecular flexibility index (Phi) is 6.45. The van der Waals surface area contributed by atoms with E-state index in [2.05, 4.69) is 20.8 Å². The quantitative estimate of drug-likeness (QED) is 0.634. The summed E-state index contributed by atoms with van der Waals surface area (Å²) < 4.78 is 43.4. The Labute approximate surface area is 171 Å². The van der Waals surface area contributed by atoms with Gasteiger partial charge in [0.15, 0.2) is 0 Å². The van der Waals surface area contributed by atoms with E-state index >= 15 is 0 Å². The van der Waals surface area contributed by atoms with Crippen molar-refractivity contribution < 1.29 is 27.8 Å². The van der Waals surface area contributed by atoms with E-state index in [-0.39, 0.29) is 23.6 Å². The molecular weight excluding hydrogens is 401 g/mol. The van der Waals surface area contributed by atoms with Crippen LogP contribution in [-0.2, 0) is 15.7 Å². The van der Waals surface area contributed by atoms with Gasteiger partial charge in [-0.15, -0.1) is 10.2 Å². The van der Waals surface area contributed by atoms with Gasteiger partial charge in [0.25, 0.3) is 0 Å². The van der Waals surface area contributed by atoms with E-state index in [1.54, 1.807) is 19.9 Å². The number of piperidine rings is 1. The first-order valence-electron chi connectivity index (χ1n) is 9.60. The Morgan fingerprint density at radius 2 is 2.07 bits per heavy atom. The minimum absolute atomic E-state index is 0.0368. The molecule has 30 heavy (non-hydrogen) atoms. The summed E-state index contributed by atoms with van der Waals surface area (Å²) in [5, 5.41) is 24.6. The van der Waals surface area contributed by atoms with Crippen LogP contribution in [0.2, 0.25) is 0 Å². The van der Waals surface area contributed by atoms with E-state index < -0.39 is 17.5 Å². The third-order valence-corrected chi connectivity index (χ3v) is 4.90. The van der Waals surface area contributed by atoms with E-state index in [0.717, 1.165) is 12.5 Å². The topological polar surface area (TPSA) is 96.4 Å². The lowest BCUT2D eigenvalue weighted by Crippen LogP contribution is -2.49. The summed E-state index contributed by atoms with van der Waals surface area (Å²) in [5.41, 5.74) is 0.196. The minimum Gasteiger partial charge on any atom is -0.507 e. The highest BCUT2D eigenvalue weighted by Crippen LogP contribution is 2.36. The first kappa shape index (κ1) is 21.8. The molecule has 0 aliphatic carbocycles. The van der Waals surface area contributed by atoms with Gasteiger partial charge < -0.3 is 20.5 Å². The van der Waals surface area contributed by atoms with E-state index in [1.807, 2.05) is 0 Å². The summed E-state index contributed by atoms with van der Waals surface area (Å²) in [4.78, 5) is 11.8. The van der Waals surface area contributed by atoms with E-state index in [0.29, 0.717) is 42.7 Å². The first-order chi connectivity index (χ1) is 14.2. The molecule has 0 bridgehead atoms. The van der Waals surface area contributed by atoms with Crippen LogP contribution in [0.4, 0.5) is 19.0 Å². The van der Waals surface area contributed by atoms with Gasteiger partial charge in [0.05, 0.1) is 17.9 Å². The molecule has 0 saturated carbocycles. The van der Waals surface area contributed by atoms with Gasteiger partial charge in [-0.05, 0) is 56.5 Å². The molecule has 3 N–H and O–H groups in total. The second kappa shape index (κ2) is 8.86. The molecule has 0 spiro atoms. The fourth-order valence-corrected chi connectivity index (χ4v) is 3.36. The standard InChI is InChI=1S/C20H23F3N4O3/c1-3-30-19(29)15-7-5-13(10-24-15)25-17-8-11(2)18(27-26-17)14-6-4-12(9-16(14)28)20(21,22)23/h4,6,8-9,13,15,24,28H,3,5,7,10H2,1-2H3,(H,25,26)/t13-,15+/m1/s1. The number of anilines is 1. The number of aryl methyl sites for hydroxylation is 1. The summed E-state index contributed by atoms with van der Waals surface area (Å²) in [6, 6.07) is 4.20. The number of aromatic nitrogens is 2. The molecule has 10 heteroatoms. The second-order valence-corrected chi connectivity index (χ2v) is 7.12. The van der Waals surface area contributed by atoms with Crippen LogP contribution in [0.3, 0.4) is 0 Å². The van der Waals surface area contributed by atoms with Crippen molar-refractivity contribution in [2.45, 2.75) is 44.9 Å². The van der Waals surface area contributed by atoms with Gasteiger partial charge in [-0.2, -0.15) is 13.2 Å². The van der Waals surface area contributed by atoms with Crippen molar-refractivity contribution in [2.24, 2.45) is 0 Å². The summed E-state index contributed by atoms with van der Waals surface area (Å²) in [5.74, 6) is -0.263. The zero-order chi connectivity index (χ0) is 21.9. The molecule has 1 aliphatic rings. The average Bonchev–Trinajstić information content (AvgIpc) is 2.68. The van der Waals surface area contributed by atoms with Gasteiger partial charge >= 0.3 is 12.1 Å². The normalized spacial score (nSPS) is 19.4. The lowest BCUT2D eigenvalue weighted by molar-refractivity contribution is -0.146. The van der Waals surface area contributed by atoms with Crippen LogP contribution < -0.4 is 10.6 Å². The molecule has 7 nitrogen and oxygen atoms in total. The third-order valence-electron chi connectivity index (χ3n) is 4.90. The number of phenols is 1. The number of alkyl halides is 3. The molecule has 1 aliphatic heterocycles. The zero-order valence-electron chi connectivity index (χ0n) is 16.6. The van der Waals surface area contributed by atoms with Crippen LogP contribution in [0.5, 0.6) is 5.75 Å². The smallest absolute Gasteiger partial charge is 0.416 e. The number of carbonyl (C=O) groups is 1. The fraction of sp³-hybridized carbons (Fsp3) is 0.450. The van der Waals surface area contributed by atoms with Crippen LogP contribution in [0.1, 0.15) is 30.9 Å². The van der Waals surface area contributed by atoms with E-state index in [4.69, 9.17) is 4.74 Å². The molecule has 0 unspecified atom stereocenters. The number of nitrogens with one attached hydrogen (secondary N) is 2. The van der Waals surface area contributed by atoms with Crippen LogP contribution in [0.15, 0.2) is 24.3 Å². The van der Waals surface area contributed by atoms with Gasteiger partial charge in [-0.25, -0.2) is 0 Å². The maximum atomic E-state index is 12.8. The summed E-state index contributed by atoms with van der Waals surface area (Å²) in [6.07, 6.45) is -3.18. The third kappa shape index (κ3) is 4.99. The molecule has 0 amide bonds. The fourth-order valence-electron chi connectivity index (χ4n) is 3.36. The van der Waals surface area contributed by atoms with Gasteiger partial charge in [0, 0.05) is 18.2 Å². The number of halogens is 3. The van der Waals surface area contributed by atoms with E-state index in [1.165, 1.54) is 6.07 Å². The number of rotatable bonds is 5. The number of aromatic hydroxyl groups is 1. The number of carbonyl (C=O) groups excluding carboxylic acids is 1. The number of benzene rings is 1. The van der Waals surface area contributed by atoms with Crippen LogP contribution in [0.25, 0.3) is 11.3 Å². The molecule has 1 saturated heterocycles. The Morgan fingerprint density at radius 3 is 2.63 bits per heavy atom. The molecule has 2 aromatic rings. The van der Waals surface area contributed by atoms with Gasteiger partial charge in [-0.3, -0.25) is 4.79 Å². The SMILES string of the molecule is CCOC(=O)[C@@H]1CC[C@@H](Nc2cc(C)c(-c3ccc(C(F)(F)F)cc3O)nn2)CN1. The van der Waals surface area contributed by atoms with Gasteiger partial charge in [0.1, 0.15) is 17.6 Å². The molecule has 0 radical (unpaired) electrons. The average molecular weight is 424 g/mol. The molecule has 1 aromatic heterocycles. The molecule has 162 valence electrons. The summed E-state index contributed by atoms with van der Waals surface area (Å²) in [7, 11) is 0. The highest BCUT2D eigenvalue weighted by molar-refractivity contribution is 5.76. The molecule has 1 fully saturated rings. The molecule has 2 heterocycles. The summed E-state index contributed by atoms with van der Waals surface area (Å²) >= 11 is 0. The minimum atomic E-state index is -4.54. The maximum Gasteiger partial charge on any atom is 0.416 e. The Hall–Kier alpha value is -2.88. The number of nitrogens with zero attached hydrogens (tertiary/aromatic N) is 2. The predicted molar refractivity (Wildman–Crippen MR) is 104 cm³/mol. The Bertz CT molecular complexity index is 913. The lowest BCUT2D eigenvalue weighted by Gasteiger charge is -2.29. The molecule has 3 rings (SSSR count). The highest BCUT2D eigenvalue weighted by atomic mass is 19.4.